The Kier molecular flexibility index (Phi) is 5.48. The zero-order valence-corrected chi connectivity index (χ0v) is 18.2. The number of thiophene rings is 1. The van der Waals surface area contributed by atoms with Crippen molar-refractivity contribution in [1.29, 1.82) is 0 Å². The lowest BCUT2D eigenvalue weighted by atomic mass is 10.1. The minimum atomic E-state index is -0.195. The first-order valence-corrected chi connectivity index (χ1v) is 11.3. The molecule has 8 heteroatoms. The van der Waals surface area contributed by atoms with E-state index in [2.05, 4.69) is 14.8 Å². The van der Waals surface area contributed by atoms with Gasteiger partial charge in [-0.25, -0.2) is 9.37 Å². The van der Waals surface area contributed by atoms with Crippen molar-refractivity contribution < 1.29 is 4.39 Å². The van der Waals surface area contributed by atoms with Gasteiger partial charge in [-0.3, -0.25) is 9.69 Å². The Morgan fingerprint density at radius 1 is 1.03 bits per heavy atom. The molecule has 1 saturated heterocycles. The average Bonchev–Trinajstić information content (AvgIpc) is 3.19. The maximum Gasteiger partial charge on any atom is 0.260 e. The van der Waals surface area contributed by atoms with E-state index < -0.39 is 0 Å². The number of aromatic amines is 1. The van der Waals surface area contributed by atoms with Crippen LogP contribution < -0.4 is 10.5 Å². The number of halogens is 2. The number of aromatic nitrogens is 2. The third-order valence-electron chi connectivity index (χ3n) is 5.60. The summed E-state index contributed by atoms with van der Waals surface area (Å²) >= 11 is 7.78. The van der Waals surface area contributed by atoms with E-state index in [1.165, 1.54) is 17.4 Å². The number of piperazine rings is 1. The van der Waals surface area contributed by atoms with E-state index in [0.29, 0.717) is 33.3 Å². The van der Waals surface area contributed by atoms with Crippen molar-refractivity contribution in [3.8, 4) is 11.1 Å². The molecule has 1 N–H and O–H groups in total. The van der Waals surface area contributed by atoms with E-state index in [9.17, 15) is 9.18 Å². The predicted molar refractivity (Wildman–Crippen MR) is 125 cm³/mol. The summed E-state index contributed by atoms with van der Waals surface area (Å²) in [5.41, 5.74) is 2.13. The SMILES string of the molecule is O=c1[nH]c(CN2CCN(c3ccccc3F)CC2)nc2scc(-c3ccccc3Cl)c12. The van der Waals surface area contributed by atoms with Crippen LogP contribution in [0.5, 0.6) is 0 Å². The standard InChI is InChI=1S/C23H20ClFN4OS/c24-17-6-2-1-5-15(17)16-14-31-23-21(16)22(30)26-20(27-23)13-28-9-11-29(12-10-28)19-8-4-3-7-18(19)25/h1-8,14H,9-13H2,(H,26,27,30). The number of benzene rings is 2. The fourth-order valence-corrected chi connectivity index (χ4v) is 5.21. The Balaban J connectivity index is 1.34. The molecule has 0 saturated carbocycles. The molecule has 2 aromatic heterocycles. The highest BCUT2D eigenvalue weighted by molar-refractivity contribution is 7.17. The van der Waals surface area contributed by atoms with Crippen molar-refractivity contribution >= 4 is 38.8 Å². The summed E-state index contributed by atoms with van der Waals surface area (Å²) in [5, 5.41) is 3.12. The van der Waals surface area contributed by atoms with Crippen LogP contribution in [0, 0.1) is 5.82 Å². The predicted octanol–water partition coefficient (Wildman–Crippen LogP) is 4.77. The molecule has 0 amide bonds. The van der Waals surface area contributed by atoms with Gasteiger partial charge in [0.05, 0.1) is 17.6 Å². The molecule has 5 nitrogen and oxygen atoms in total. The van der Waals surface area contributed by atoms with Crippen molar-refractivity contribution in [2.24, 2.45) is 0 Å². The second-order valence-electron chi connectivity index (χ2n) is 7.54. The number of hydrogen-bond acceptors (Lipinski definition) is 5. The van der Waals surface area contributed by atoms with Crippen molar-refractivity contribution in [3.63, 3.8) is 0 Å². The molecule has 0 spiro atoms. The summed E-state index contributed by atoms with van der Waals surface area (Å²) in [4.78, 5) is 25.5. The largest absolute Gasteiger partial charge is 0.367 e. The number of fused-ring (bicyclic) bond motifs is 1. The molecule has 4 aromatic rings. The highest BCUT2D eigenvalue weighted by Gasteiger charge is 2.21. The van der Waals surface area contributed by atoms with Gasteiger partial charge in [0.25, 0.3) is 5.56 Å². The van der Waals surface area contributed by atoms with Crippen LogP contribution in [0.4, 0.5) is 10.1 Å². The van der Waals surface area contributed by atoms with Crippen LogP contribution in [-0.2, 0) is 6.54 Å². The maximum atomic E-state index is 14.0. The third kappa shape index (κ3) is 3.96. The summed E-state index contributed by atoms with van der Waals surface area (Å²) in [6.07, 6.45) is 0. The van der Waals surface area contributed by atoms with E-state index in [0.717, 1.165) is 37.3 Å². The summed E-state index contributed by atoms with van der Waals surface area (Å²) in [6, 6.07) is 14.4. The summed E-state index contributed by atoms with van der Waals surface area (Å²) < 4.78 is 14.0. The lowest BCUT2D eigenvalue weighted by Gasteiger charge is -2.35. The Bertz CT molecular complexity index is 1300. The minimum Gasteiger partial charge on any atom is -0.367 e. The van der Waals surface area contributed by atoms with Crippen LogP contribution in [0.25, 0.3) is 21.3 Å². The molecule has 1 fully saturated rings. The molecular formula is C23H20ClFN4OS. The number of nitrogens with one attached hydrogen (secondary N) is 1. The maximum absolute atomic E-state index is 14.0. The number of para-hydroxylation sites is 1. The molecule has 0 atom stereocenters. The number of nitrogens with zero attached hydrogens (tertiary/aromatic N) is 3. The zero-order chi connectivity index (χ0) is 21.4. The van der Waals surface area contributed by atoms with E-state index in [-0.39, 0.29) is 11.4 Å². The van der Waals surface area contributed by atoms with Crippen LogP contribution >= 0.6 is 22.9 Å². The smallest absolute Gasteiger partial charge is 0.260 e. The van der Waals surface area contributed by atoms with Crippen molar-refractivity contribution in [1.82, 2.24) is 14.9 Å². The second-order valence-corrected chi connectivity index (χ2v) is 8.80. The quantitative estimate of drug-likeness (QED) is 0.482. The lowest BCUT2D eigenvalue weighted by molar-refractivity contribution is 0.243. The first-order chi connectivity index (χ1) is 15.1. The molecule has 1 aliphatic heterocycles. The van der Waals surface area contributed by atoms with Gasteiger partial charge in [0, 0.05) is 47.7 Å². The second kappa shape index (κ2) is 8.42. The molecule has 3 heterocycles. The molecule has 0 bridgehead atoms. The van der Waals surface area contributed by atoms with E-state index >= 15 is 0 Å². The van der Waals surface area contributed by atoms with Crippen LogP contribution in [-0.4, -0.2) is 41.0 Å². The molecule has 0 unspecified atom stereocenters. The Labute approximate surface area is 187 Å². The lowest BCUT2D eigenvalue weighted by Crippen LogP contribution is -2.46. The van der Waals surface area contributed by atoms with E-state index in [1.807, 2.05) is 41.8 Å². The third-order valence-corrected chi connectivity index (χ3v) is 6.80. The molecule has 0 aliphatic carbocycles. The van der Waals surface area contributed by atoms with Gasteiger partial charge in [0.1, 0.15) is 16.5 Å². The van der Waals surface area contributed by atoms with Gasteiger partial charge in [-0.2, -0.15) is 0 Å². The number of rotatable bonds is 4. The molecule has 0 radical (unpaired) electrons. The Morgan fingerprint density at radius 3 is 2.55 bits per heavy atom. The van der Waals surface area contributed by atoms with Crippen LogP contribution in [0.15, 0.2) is 58.7 Å². The summed E-state index contributed by atoms with van der Waals surface area (Å²) in [6.45, 7) is 3.54. The summed E-state index contributed by atoms with van der Waals surface area (Å²) in [7, 11) is 0. The van der Waals surface area contributed by atoms with Gasteiger partial charge < -0.3 is 9.88 Å². The molecule has 31 heavy (non-hydrogen) atoms. The average molecular weight is 455 g/mol. The summed E-state index contributed by atoms with van der Waals surface area (Å²) in [5.74, 6) is 0.448. The van der Waals surface area contributed by atoms with Crippen LogP contribution in [0.1, 0.15) is 5.82 Å². The van der Waals surface area contributed by atoms with Gasteiger partial charge >= 0.3 is 0 Å². The van der Waals surface area contributed by atoms with Crippen molar-refractivity contribution in [2.45, 2.75) is 6.54 Å². The number of H-pyrrole nitrogens is 1. The van der Waals surface area contributed by atoms with Crippen molar-refractivity contribution in [3.05, 3.63) is 80.9 Å². The molecule has 1 aliphatic rings. The number of hydrogen-bond donors (Lipinski definition) is 1. The fourth-order valence-electron chi connectivity index (χ4n) is 4.01. The van der Waals surface area contributed by atoms with E-state index in [4.69, 9.17) is 16.6 Å². The molecule has 2 aromatic carbocycles. The Hall–Kier alpha value is -2.74. The van der Waals surface area contributed by atoms with Gasteiger partial charge in [-0.15, -0.1) is 11.3 Å². The van der Waals surface area contributed by atoms with Gasteiger partial charge in [0.15, 0.2) is 0 Å². The van der Waals surface area contributed by atoms with Gasteiger partial charge in [-0.05, 0) is 18.2 Å². The first kappa shape index (κ1) is 20.2. The topological polar surface area (TPSA) is 52.2 Å². The normalized spacial score (nSPS) is 15.0. The van der Waals surface area contributed by atoms with Gasteiger partial charge in [-0.1, -0.05) is 41.9 Å². The fraction of sp³-hybridized carbons (Fsp3) is 0.217. The first-order valence-electron chi connectivity index (χ1n) is 10.1. The molecular weight excluding hydrogens is 435 g/mol. The van der Waals surface area contributed by atoms with E-state index in [1.54, 1.807) is 6.07 Å². The van der Waals surface area contributed by atoms with Gasteiger partial charge in [0.2, 0.25) is 0 Å². The monoisotopic (exact) mass is 454 g/mol. The van der Waals surface area contributed by atoms with Crippen LogP contribution in [0.2, 0.25) is 5.02 Å². The van der Waals surface area contributed by atoms with Crippen LogP contribution in [0.3, 0.4) is 0 Å². The molecule has 5 rings (SSSR count). The molecule has 158 valence electrons. The van der Waals surface area contributed by atoms with Crippen molar-refractivity contribution in [2.75, 3.05) is 31.1 Å². The number of anilines is 1. The minimum absolute atomic E-state index is 0.152. The highest BCUT2D eigenvalue weighted by atomic mass is 35.5. The highest BCUT2D eigenvalue weighted by Crippen LogP contribution is 2.34. The zero-order valence-electron chi connectivity index (χ0n) is 16.6. The Morgan fingerprint density at radius 2 is 1.77 bits per heavy atom.